The van der Waals surface area contributed by atoms with E-state index in [1.54, 1.807) is 11.8 Å². The van der Waals surface area contributed by atoms with Gasteiger partial charge in [-0.25, -0.2) is 0 Å². The molecule has 1 aromatic rings. The minimum absolute atomic E-state index is 0.174. The molecule has 0 saturated carbocycles. The number of benzene rings is 1. The first-order chi connectivity index (χ1) is 5.96. The van der Waals surface area contributed by atoms with Gasteiger partial charge in [-0.15, -0.1) is 11.8 Å². The summed E-state index contributed by atoms with van der Waals surface area (Å²) in [6.45, 7) is 6.63. The fourth-order valence-electron chi connectivity index (χ4n) is 1.37. The van der Waals surface area contributed by atoms with Crippen molar-refractivity contribution >= 4 is 17.4 Å². The first kappa shape index (κ1) is 10.5. The maximum absolute atomic E-state index is 5.91. The number of nitrogens with two attached hydrogens (primary N) is 1. The first-order valence-corrected chi connectivity index (χ1v) is 5.62. The van der Waals surface area contributed by atoms with E-state index in [1.807, 2.05) is 12.1 Å². The standard InChI is InChI=1S/C11H17NS/c1-11(2,3)8-6-5-7-9(12)10(8)13-4/h5-7H,12H2,1-4H3. The topological polar surface area (TPSA) is 26.0 Å². The van der Waals surface area contributed by atoms with Crippen molar-refractivity contribution in [2.45, 2.75) is 31.1 Å². The van der Waals surface area contributed by atoms with Crippen molar-refractivity contribution in [1.29, 1.82) is 0 Å². The van der Waals surface area contributed by atoms with Crippen molar-refractivity contribution in [1.82, 2.24) is 0 Å². The molecule has 72 valence electrons. The maximum atomic E-state index is 5.91. The van der Waals surface area contributed by atoms with Gasteiger partial charge in [0, 0.05) is 10.6 Å². The highest BCUT2D eigenvalue weighted by Crippen LogP contribution is 2.34. The van der Waals surface area contributed by atoms with Crippen LogP contribution in [0.25, 0.3) is 0 Å². The number of hydrogen-bond donors (Lipinski definition) is 1. The zero-order chi connectivity index (χ0) is 10.1. The molecule has 0 atom stereocenters. The van der Waals surface area contributed by atoms with Crippen molar-refractivity contribution in [3.05, 3.63) is 23.8 Å². The lowest BCUT2D eigenvalue weighted by Gasteiger charge is -2.22. The number of thioether (sulfide) groups is 1. The molecule has 0 unspecified atom stereocenters. The van der Waals surface area contributed by atoms with Crippen LogP contribution >= 0.6 is 11.8 Å². The first-order valence-electron chi connectivity index (χ1n) is 4.40. The lowest BCUT2D eigenvalue weighted by atomic mass is 9.87. The Labute approximate surface area is 84.7 Å². The van der Waals surface area contributed by atoms with Crippen LogP contribution in [-0.4, -0.2) is 6.26 Å². The number of rotatable bonds is 1. The molecule has 0 aliphatic heterocycles. The lowest BCUT2D eigenvalue weighted by Crippen LogP contribution is -2.13. The van der Waals surface area contributed by atoms with E-state index in [4.69, 9.17) is 5.73 Å². The normalized spacial score (nSPS) is 11.7. The van der Waals surface area contributed by atoms with E-state index >= 15 is 0 Å². The van der Waals surface area contributed by atoms with Gasteiger partial charge in [-0.3, -0.25) is 0 Å². The van der Waals surface area contributed by atoms with Crippen LogP contribution in [0.15, 0.2) is 23.1 Å². The van der Waals surface area contributed by atoms with Gasteiger partial charge < -0.3 is 5.73 Å². The van der Waals surface area contributed by atoms with Gasteiger partial charge in [0.05, 0.1) is 0 Å². The van der Waals surface area contributed by atoms with Crippen molar-refractivity contribution in [2.75, 3.05) is 12.0 Å². The number of anilines is 1. The quantitative estimate of drug-likeness (QED) is 0.549. The molecule has 0 amide bonds. The average Bonchev–Trinajstić information content (AvgIpc) is 2.02. The molecule has 0 saturated heterocycles. The fourth-order valence-corrected chi connectivity index (χ4v) is 2.27. The van der Waals surface area contributed by atoms with Crippen LogP contribution < -0.4 is 5.73 Å². The number of nitrogen functional groups attached to an aromatic ring is 1. The Morgan fingerprint density at radius 1 is 1.23 bits per heavy atom. The van der Waals surface area contributed by atoms with Gasteiger partial charge >= 0.3 is 0 Å². The van der Waals surface area contributed by atoms with E-state index in [2.05, 4.69) is 33.1 Å². The zero-order valence-electron chi connectivity index (χ0n) is 8.72. The van der Waals surface area contributed by atoms with Crippen molar-refractivity contribution in [3.8, 4) is 0 Å². The second kappa shape index (κ2) is 3.62. The molecule has 2 heteroatoms. The van der Waals surface area contributed by atoms with Crippen LogP contribution in [0.5, 0.6) is 0 Å². The Morgan fingerprint density at radius 2 is 1.85 bits per heavy atom. The van der Waals surface area contributed by atoms with Crippen LogP contribution in [0.1, 0.15) is 26.3 Å². The summed E-state index contributed by atoms with van der Waals surface area (Å²) < 4.78 is 0. The molecular weight excluding hydrogens is 178 g/mol. The second-order valence-corrected chi connectivity index (χ2v) is 4.99. The molecule has 0 spiro atoms. The second-order valence-electron chi connectivity index (χ2n) is 4.18. The van der Waals surface area contributed by atoms with E-state index in [1.165, 1.54) is 10.5 Å². The summed E-state index contributed by atoms with van der Waals surface area (Å²) in [5, 5.41) is 0. The third kappa shape index (κ3) is 2.19. The van der Waals surface area contributed by atoms with Gasteiger partial charge in [0.25, 0.3) is 0 Å². The average molecular weight is 195 g/mol. The monoisotopic (exact) mass is 195 g/mol. The Bertz CT molecular complexity index is 299. The summed E-state index contributed by atoms with van der Waals surface area (Å²) in [7, 11) is 0. The smallest absolute Gasteiger partial charge is 0.0455 e. The third-order valence-electron chi connectivity index (χ3n) is 2.06. The third-order valence-corrected chi connectivity index (χ3v) is 2.92. The van der Waals surface area contributed by atoms with Gasteiger partial charge in [-0.1, -0.05) is 32.9 Å². The van der Waals surface area contributed by atoms with Crippen LogP contribution in [0.4, 0.5) is 5.69 Å². The summed E-state index contributed by atoms with van der Waals surface area (Å²) in [5.74, 6) is 0. The summed E-state index contributed by atoms with van der Waals surface area (Å²) in [6, 6.07) is 6.14. The molecule has 0 bridgehead atoms. The van der Waals surface area contributed by atoms with Crippen molar-refractivity contribution < 1.29 is 0 Å². The molecule has 1 nitrogen and oxygen atoms in total. The predicted octanol–water partition coefficient (Wildman–Crippen LogP) is 3.29. The van der Waals surface area contributed by atoms with Crippen molar-refractivity contribution in [3.63, 3.8) is 0 Å². The molecule has 0 aromatic heterocycles. The molecule has 1 rings (SSSR count). The van der Waals surface area contributed by atoms with Gasteiger partial charge in [-0.2, -0.15) is 0 Å². The van der Waals surface area contributed by atoms with Gasteiger partial charge in [0.2, 0.25) is 0 Å². The largest absolute Gasteiger partial charge is 0.398 e. The molecule has 0 radical (unpaired) electrons. The fraction of sp³-hybridized carbons (Fsp3) is 0.455. The highest BCUT2D eigenvalue weighted by molar-refractivity contribution is 7.98. The van der Waals surface area contributed by atoms with E-state index < -0.39 is 0 Å². The van der Waals surface area contributed by atoms with E-state index in [-0.39, 0.29) is 5.41 Å². The Hall–Kier alpha value is -0.630. The highest BCUT2D eigenvalue weighted by atomic mass is 32.2. The summed E-state index contributed by atoms with van der Waals surface area (Å²) >= 11 is 1.72. The van der Waals surface area contributed by atoms with E-state index in [9.17, 15) is 0 Å². The predicted molar refractivity (Wildman–Crippen MR) is 61.3 cm³/mol. The van der Waals surface area contributed by atoms with Gasteiger partial charge in [0.15, 0.2) is 0 Å². The van der Waals surface area contributed by atoms with Crippen LogP contribution in [0.2, 0.25) is 0 Å². The van der Waals surface area contributed by atoms with Crippen molar-refractivity contribution in [2.24, 2.45) is 0 Å². The highest BCUT2D eigenvalue weighted by Gasteiger charge is 2.18. The Morgan fingerprint density at radius 3 is 2.23 bits per heavy atom. The van der Waals surface area contributed by atoms with Gasteiger partial charge in [-0.05, 0) is 23.3 Å². The van der Waals surface area contributed by atoms with Crippen LogP contribution in [0, 0.1) is 0 Å². The minimum atomic E-state index is 0.174. The molecule has 13 heavy (non-hydrogen) atoms. The molecule has 0 aliphatic rings. The van der Waals surface area contributed by atoms with E-state index in [0.29, 0.717) is 0 Å². The molecule has 2 N–H and O–H groups in total. The van der Waals surface area contributed by atoms with Crippen LogP contribution in [-0.2, 0) is 5.41 Å². The zero-order valence-corrected chi connectivity index (χ0v) is 9.53. The molecule has 0 heterocycles. The Kier molecular flexibility index (Phi) is 2.91. The molecular formula is C11H17NS. The lowest BCUT2D eigenvalue weighted by molar-refractivity contribution is 0.579. The summed E-state index contributed by atoms with van der Waals surface area (Å²) in [4.78, 5) is 1.22. The Balaban J connectivity index is 3.29. The minimum Gasteiger partial charge on any atom is -0.398 e. The summed E-state index contributed by atoms with van der Waals surface area (Å²) in [5.41, 5.74) is 8.30. The molecule has 0 fully saturated rings. The van der Waals surface area contributed by atoms with E-state index in [0.717, 1.165) is 5.69 Å². The molecule has 1 aromatic carbocycles. The molecule has 0 aliphatic carbocycles. The SMILES string of the molecule is CSc1c(N)cccc1C(C)(C)C. The summed E-state index contributed by atoms with van der Waals surface area (Å²) in [6.07, 6.45) is 2.07. The van der Waals surface area contributed by atoms with Gasteiger partial charge in [0.1, 0.15) is 0 Å². The maximum Gasteiger partial charge on any atom is 0.0455 e. The van der Waals surface area contributed by atoms with Crippen LogP contribution in [0.3, 0.4) is 0 Å². The number of hydrogen-bond acceptors (Lipinski definition) is 2.